The number of thioether (sulfide) groups is 1. The standard InChI is InChI=1S/C19H23N3S.HI/c20-19(22-12-14-23-15-13-22)21-11-10-16-6-8-18(9-7-16)17-4-2-1-3-5-17;/h1-9H,10-15H2,(H2,20,21);1H. The van der Waals surface area contributed by atoms with E-state index in [1.54, 1.807) is 0 Å². The largest absolute Gasteiger partial charge is 0.370 e. The fourth-order valence-corrected chi connectivity index (χ4v) is 3.59. The summed E-state index contributed by atoms with van der Waals surface area (Å²) in [6, 6.07) is 19.2. The van der Waals surface area contributed by atoms with Crippen molar-refractivity contribution >= 4 is 41.7 Å². The summed E-state index contributed by atoms with van der Waals surface area (Å²) in [6.07, 6.45) is 0.929. The highest BCUT2D eigenvalue weighted by Crippen LogP contribution is 2.19. The molecule has 0 spiro atoms. The van der Waals surface area contributed by atoms with Crippen LogP contribution in [0.4, 0.5) is 0 Å². The Balaban J connectivity index is 0.00000208. The van der Waals surface area contributed by atoms with Crippen molar-refractivity contribution in [3.63, 3.8) is 0 Å². The molecule has 0 aliphatic carbocycles. The Bertz CT molecular complexity index is 637. The van der Waals surface area contributed by atoms with Crippen molar-refractivity contribution < 1.29 is 0 Å². The van der Waals surface area contributed by atoms with E-state index in [0.29, 0.717) is 5.96 Å². The zero-order chi connectivity index (χ0) is 15.9. The number of aliphatic imine (C=N–C) groups is 1. The van der Waals surface area contributed by atoms with Crippen LogP contribution in [-0.4, -0.2) is 42.0 Å². The quantitative estimate of drug-likeness (QED) is 0.434. The van der Waals surface area contributed by atoms with Gasteiger partial charge in [-0.3, -0.25) is 4.99 Å². The summed E-state index contributed by atoms with van der Waals surface area (Å²) < 4.78 is 0. The lowest BCUT2D eigenvalue weighted by molar-refractivity contribution is 0.456. The van der Waals surface area contributed by atoms with Gasteiger partial charge in [0.1, 0.15) is 0 Å². The molecule has 0 radical (unpaired) electrons. The van der Waals surface area contributed by atoms with Crippen LogP contribution in [0, 0.1) is 0 Å². The van der Waals surface area contributed by atoms with Gasteiger partial charge in [-0.2, -0.15) is 11.8 Å². The molecule has 0 bridgehead atoms. The average Bonchev–Trinajstić information content (AvgIpc) is 2.64. The van der Waals surface area contributed by atoms with Crippen LogP contribution in [0.2, 0.25) is 0 Å². The van der Waals surface area contributed by atoms with Crippen molar-refractivity contribution in [2.45, 2.75) is 6.42 Å². The minimum Gasteiger partial charge on any atom is -0.370 e. The molecule has 0 saturated carbocycles. The first kappa shape index (κ1) is 19.1. The maximum Gasteiger partial charge on any atom is 0.191 e. The van der Waals surface area contributed by atoms with Crippen molar-refractivity contribution in [2.75, 3.05) is 31.1 Å². The summed E-state index contributed by atoms with van der Waals surface area (Å²) in [5.41, 5.74) is 9.89. The van der Waals surface area contributed by atoms with Gasteiger partial charge in [-0.05, 0) is 23.1 Å². The number of rotatable bonds is 4. The van der Waals surface area contributed by atoms with E-state index in [-0.39, 0.29) is 24.0 Å². The summed E-state index contributed by atoms with van der Waals surface area (Å²) in [6.45, 7) is 2.79. The second-order valence-corrected chi connectivity index (χ2v) is 6.88. The molecule has 1 saturated heterocycles. The van der Waals surface area contributed by atoms with E-state index < -0.39 is 0 Å². The van der Waals surface area contributed by atoms with Crippen LogP contribution in [0.1, 0.15) is 5.56 Å². The molecular weight excluding hydrogens is 429 g/mol. The molecule has 0 atom stereocenters. The summed E-state index contributed by atoms with van der Waals surface area (Å²) in [7, 11) is 0. The van der Waals surface area contributed by atoms with Crippen LogP contribution in [-0.2, 0) is 6.42 Å². The number of hydrogen-bond donors (Lipinski definition) is 1. The third-order valence-electron chi connectivity index (χ3n) is 4.07. The molecule has 0 aromatic heterocycles. The Morgan fingerprint density at radius 2 is 1.58 bits per heavy atom. The third kappa shape index (κ3) is 5.41. The Morgan fingerprint density at radius 3 is 2.25 bits per heavy atom. The van der Waals surface area contributed by atoms with E-state index in [1.807, 2.05) is 17.8 Å². The molecule has 1 aliphatic rings. The number of nitrogens with zero attached hydrogens (tertiary/aromatic N) is 2. The lowest BCUT2D eigenvalue weighted by Crippen LogP contribution is -2.42. The summed E-state index contributed by atoms with van der Waals surface area (Å²) in [5, 5.41) is 0. The van der Waals surface area contributed by atoms with Crippen LogP contribution >= 0.6 is 35.7 Å². The summed E-state index contributed by atoms with van der Waals surface area (Å²) in [4.78, 5) is 6.72. The van der Waals surface area contributed by atoms with Crippen molar-refractivity contribution in [1.29, 1.82) is 0 Å². The summed E-state index contributed by atoms with van der Waals surface area (Å²) >= 11 is 1.98. The second-order valence-electron chi connectivity index (χ2n) is 5.65. The lowest BCUT2D eigenvalue weighted by Gasteiger charge is -2.27. The second kappa shape index (κ2) is 9.93. The molecule has 128 valence electrons. The molecule has 0 unspecified atom stereocenters. The van der Waals surface area contributed by atoms with Crippen molar-refractivity contribution in [3.8, 4) is 11.1 Å². The highest BCUT2D eigenvalue weighted by atomic mass is 127. The Morgan fingerprint density at radius 1 is 0.958 bits per heavy atom. The minimum atomic E-state index is 0. The van der Waals surface area contributed by atoms with Gasteiger partial charge in [-0.25, -0.2) is 0 Å². The predicted molar refractivity (Wildman–Crippen MR) is 116 cm³/mol. The Hall–Kier alpha value is -1.21. The molecule has 1 heterocycles. The maximum absolute atomic E-state index is 6.08. The van der Waals surface area contributed by atoms with Crippen molar-refractivity contribution in [1.82, 2.24) is 4.90 Å². The average molecular weight is 453 g/mol. The first-order valence-electron chi connectivity index (χ1n) is 8.10. The number of guanidine groups is 1. The van der Waals surface area contributed by atoms with Gasteiger partial charge < -0.3 is 10.6 Å². The number of benzene rings is 2. The fourth-order valence-electron chi connectivity index (χ4n) is 2.69. The molecule has 2 aromatic rings. The van der Waals surface area contributed by atoms with Gasteiger partial charge in [0.15, 0.2) is 5.96 Å². The van der Waals surface area contributed by atoms with Crippen LogP contribution in [0.3, 0.4) is 0 Å². The molecule has 3 nitrogen and oxygen atoms in total. The van der Waals surface area contributed by atoms with Crippen molar-refractivity contribution in [3.05, 3.63) is 60.2 Å². The van der Waals surface area contributed by atoms with E-state index in [0.717, 1.165) is 37.6 Å². The molecular formula is C19H24IN3S. The lowest BCUT2D eigenvalue weighted by atomic mass is 10.0. The van der Waals surface area contributed by atoms with Gasteiger partial charge in [-0.15, -0.1) is 24.0 Å². The topological polar surface area (TPSA) is 41.6 Å². The maximum atomic E-state index is 6.08. The zero-order valence-corrected chi connectivity index (χ0v) is 16.9. The van der Waals surface area contributed by atoms with Crippen LogP contribution < -0.4 is 5.73 Å². The molecule has 1 aliphatic heterocycles. The highest BCUT2D eigenvalue weighted by Gasteiger charge is 2.11. The SMILES string of the molecule is I.NC(=NCCc1ccc(-c2ccccc2)cc1)N1CCSCC1. The van der Waals surface area contributed by atoms with E-state index in [2.05, 4.69) is 58.4 Å². The molecule has 24 heavy (non-hydrogen) atoms. The van der Waals surface area contributed by atoms with Gasteiger partial charge in [0.25, 0.3) is 0 Å². The fraction of sp³-hybridized carbons (Fsp3) is 0.316. The van der Waals surface area contributed by atoms with Gasteiger partial charge in [0.2, 0.25) is 0 Å². The first-order valence-corrected chi connectivity index (χ1v) is 9.25. The van der Waals surface area contributed by atoms with Gasteiger partial charge in [0.05, 0.1) is 0 Å². The van der Waals surface area contributed by atoms with Gasteiger partial charge in [-0.1, -0.05) is 54.6 Å². The molecule has 1 fully saturated rings. The summed E-state index contributed by atoms with van der Waals surface area (Å²) in [5.74, 6) is 3.00. The Labute approximate surface area is 165 Å². The monoisotopic (exact) mass is 453 g/mol. The molecule has 2 aromatic carbocycles. The number of hydrogen-bond acceptors (Lipinski definition) is 2. The van der Waals surface area contributed by atoms with Crippen LogP contribution in [0.5, 0.6) is 0 Å². The van der Waals surface area contributed by atoms with Crippen LogP contribution in [0.15, 0.2) is 59.6 Å². The van der Waals surface area contributed by atoms with E-state index >= 15 is 0 Å². The molecule has 0 amide bonds. The number of halogens is 1. The van der Waals surface area contributed by atoms with Crippen molar-refractivity contribution in [2.24, 2.45) is 10.7 Å². The highest BCUT2D eigenvalue weighted by molar-refractivity contribution is 14.0. The van der Waals surface area contributed by atoms with Gasteiger partial charge in [0, 0.05) is 31.1 Å². The van der Waals surface area contributed by atoms with E-state index in [1.165, 1.54) is 16.7 Å². The predicted octanol–water partition coefficient (Wildman–Crippen LogP) is 3.88. The van der Waals surface area contributed by atoms with Gasteiger partial charge >= 0.3 is 0 Å². The smallest absolute Gasteiger partial charge is 0.191 e. The first-order chi connectivity index (χ1) is 11.3. The van der Waals surface area contributed by atoms with E-state index in [9.17, 15) is 0 Å². The number of nitrogens with two attached hydrogens (primary N) is 1. The zero-order valence-electron chi connectivity index (χ0n) is 13.7. The normalized spacial score (nSPS) is 15.0. The van der Waals surface area contributed by atoms with E-state index in [4.69, 9.17) is 5.73 Å². The third-order valence-corrected chi connectivity index (χ3v) is 5.01. The van der Waals surface area contributed by atoms with Crippen LogP contribution in [0.25, 0.3) is 11.1 Å². The Kier molecular flexibility index (Phi) is 7.91. The molecule has 2 N–H and O–H groups in total. The molecule has 3 rings (SSSR count). The molecule has 5 heteroatoms. The minimum absolute atomic E-state index is 0.